The first-order chi connectivity index (χ1) is 9.17. The molecule has 0 atom stereocenters. The first-order valence-corrected chi connectivity index (χ1v) is 5.78. The summed E-state index contributed by atoms with van der Waals surface area (Å²) in [5.41, 5.74) is 7.19. The average molecular weight is 257 g/mol. The van der Waals surface area contributed by atoms with Crippen molar-refractivity contribution in [1.29, 1.82) is 0 Å². The fourth-order valence-corrected chi connectivity index (χ4v) is 1.85. The zero-order valence-corrected chi connectivity index (χ0v) is 10.8. The van der Waals surface area contributed by atoms with Crippen LogP contribution in [0.3, 0.4) is 0 Å². The molecule has 2 rings (SSSR count). The molecule has 0 aromatic heterocycles. The maximum absolute atomic E-state index is 12.4. The zero-order chi connectivity index (χ0) is 13.8. The normalized spacial score (nSPS) is 10.0. The molecule has 2 N–H and O–H groups in total. The van der Waals surface area contributed by atoms with Crippen LogP contribution < -0.4 is 15.2 Å². The van der Waals surface area contributed by atoms with Crippen molar-refractivity contribution in [1.82, 2.24) is 0 Å². The first-order valence-electron chi connectivity index (χ1n) is 5.78. The third-order valence-electron chi connectivity index (χ3n) is 2.85. The number of para-hydroxylation sites is 1. The number of hydrogen-bond acceptors (Lipinski definition) is 4. The molecule has 2 aromatic carbocycles. The summed E-state index contributed by atoms with van der Waals surface area (Å²) in [4.78, 5) is 12.4. The van der Waals surface area contributed by atoms with Gasteiger partial charge in [0, 0.05) is 17.3 Å². The lowest BCUT2D eigenvalue weighted by atomic mass is 10.0. The summed E-state index contributed by atoms with van der Waals surface area (Å²) in [6.45, 7) is 0. The Bertz CT molecular complexity index is 608. The van der Waals surface area contributed by atoms with Crippen molar-refractivity contribution in [3.8, 4) is 11.5 Å². The van der Waals surface area contributed by atoms with E-state index in [1.165, 1.54) is 7.11 Å². The minimum absolute atomic E-state index is 0.169. The summed E-state index contributed by atoms with van der Waals surface area (Å²) in [6.07, 6.45) is 0. The molecule has 0 saturated carbocycles. The van der Waals surface area contributed by atoms with Gasteiger partial charge >= 0.3 is 0 Å². The van der Waals surface area contributed by atoms with Crippen molar-refractivity contribution in [2.45, 2.75) is 0 Å². The van der Waals surface area contributed by atoms with Gasteiger partial charge in [-0.15, -0.1) is 0 Å². The third kappa shape index (κ3) is 2.52. The van der Waals surface area contributed by atoms with Crippen LogP contribution in [0.5, 0.6) is 11.5 Å². The highest BCUT2D eigenvalue weighted by Crippen LogP contribution is 2.26. The number of benzene rings is 2. The number of hydrogen-bond donors (Lipinski definition) is 1. The van der Waals surface area contributed by atoms with E-state index in [0.717, 1.165) is 0 Å². The smallest absolute Gasteiger partial charge is 0.198 e. The second kappa shape index (κ2) is 5.44. The molecule has 4 heteroatoms. The van der Waals surface area contributed by atoms with Crippen LogP contribution in [-0.2, 0) is 0 Å². The zero-order valence-electron chi connectivity index (χ0n) is 10.8. The minimum atomic E-state index is -0.169. The predicted molar refractivity (Wildman–Crippen MR) is 73.8 cm³/mol. The topological polar surface area (TPSA) is 61.5 Å². The summed E-state index contributed by atoms with van der Waals surface area (Å²) < 4.78 is 10.3. The SMILES string of the molecule is COc1ccc(C(=O)c2ccccc2OC)c(N)c1. The fourth-order valence-electron chi connectivity index (χ4n) is 1.85. The van der Waals surface area contributed by atoms with E-state index < -0.39 is 0 Å². The van der Waals surface area contributed by atoms with E-state index in [1.807, 2.05) is 6.07 Å². The van der Waals surface area contributed by atoms with Crippen LogP contribution in [0.1, 0.15) is 15.9 Å². The van der Waals surface area contributed by atoms with Crippen LogP contribution >= 0.6 is 0 Å². The summed E-state index contributed by atoms with van der Waals surface area (Å²) in [5.74, 6) is 0.981. The Morgan fingerprint density at radius 1 is 1.00 bits per heavy atom. The van der Waals surface area contributed by atoms with E-state index >= 15 is 0 Å². The lowest BCUT2D eigenvalue weighted by Crippen LogP contribution is -2.07. The number of carbonyl (C=O) groups is 1. The van der Waals surface area contributed by atoms with Gasteiger partial charge in [-0.05, 0) is 24.3 Å². The van der Waals surface area contributed by atoms with Crippen LogP contribution in [-0.4, -0.2) is 20.0 Å². The maximum Gasteiger partial charge on any atom is 0.198 e. The Labute approximate surface area is 111 Å². The number of ketones is 1. The molecule has 0 amide bonds. The van der Waals surface area contributed by atoms with Crippen molar-refractivity contribution < 1.29 is 14.3 Å². The Morgan fingerprint density at radius 2 is 1.74 bits per heavy atom. The van der Waals surface area contributed by atoms with Crippen molar-refractivity contribution in [3.05, 3.63) is 53.6 Å². The molecule has 2 aromatic rings. The van der Waals surface area contributed by atoms with Gasteiger partial charge in [-0.3, -0.25) is 4.79 Å². The summed E-state index contributed by atoms with van der Waals surface area (Å²) in [5, 5.41) is 0. The number of nitrogens with two attached hydrogens (primary N) is 1. The molecule has 4 nitrogen and oxygen atoms in total. The largest absolute Gasteiger partial charge is 0.497 e. The molecule has 0 fully saturated rings. The van der Waals surface area contributed by atoms with Gasteiger partial charge in [0.25, 0.3) is 0 Å². The van der Waals surface area contributed by atoms with Crippen LogP contribution in [0.25, 0.3) is 0 Å². The second-order valence-electron chi connectivity index (χ2n) is 3.98. The van der Waals surface area contributed by atoms with E-state index in [4.69, 9.17) is 15.2 Å². The second-order valence-corrected chi connectivity index (χ2v) is 3.98. The number of methoxy groups -OCH3 is 2. The summed E-state index contributed by atoms with van der Waals surface area (Å²) >= 11 is 0. The van der Waals surface area contributed by atoms with Gasteiger partial charge in [0.2, 0.25) is 0 Å². The molecular formula is C15H15NO3. The number of carbonyl (C=O) groups excluding carboxylic acids is 1. The lowest BCUT2D eigenvalue weighted by molar-refractivity contribution is 0.103. The molecule has 0 radical (unpaired) electrons. The standard InChI is InChI=1S/C15H15NO3/c1-18-10-7-8-11(13(16)9-10)15(17)12-5-3-4-6-14(12)19-2/h3-9H,16H2,1-2H3. The molecule has 0 saturated heterocycles. The molecule has 0 spiro atoms. The summed E-state index contributed by atoms with van der Waals surface area (Å²) in [6, 6.07) is 12.0. The summed E-state index contributed by atoms with van der Waals surface area (Å²) in [7, 11) is 3.08. The highest BCUT2D eigenvalue weighted by molar-refractivity contribution is 6.13. The van der Waals surface area contributed by atoms with E-state index in [0.29, 0.717) is 28.3 Å². The average Bonchev–Trinajstić information content (AvgIpc) is 2.46. The molecule has 98 valence electrons. The predicted octanol–water partition coefficient (Wildman–Crippen LogP) is 2.52. The van der Waals surface area contributed by atoms with Gasteiger partial charge in [0.05, 0.1) is 19.8 Å². The third-order valence-corrected chi connectivity index (χ3v) is 2.85. The van der Waals surface area contributed by atoms with Gasteiger partial charge in [-0.1, -0.05) is 12.1 Å². The van der Waals surface area contributed by atoms with Crippen LogP contribution in [0, 0.1) is 0 Å². The van der Waals surface area contributed by atoms with Crippen molar-refractivity contribution in [2.75, 3.05) is 20.0 Å². The van der Waals surface area contributed by atoms with Crippen LogP contribution in [0.15, 0.2) is 42.5 Å². The van der Waals surface area contributed by atoms with Gasteiger partial charge in [-0.2, -0.15) is 0 Å². The Balaban J connectivity index is 2.44. The minimum Gasteiger partial charge on any atom is -0.497 e. The first kappa shape index (κ1) is 13.0. The molecule has 19 heavy (non-hydrogen) atoms. The Kier molecular flexibility index (Phi) is 3.71. The highest BCUT2D eigenvalue weighted by atomic mass is 16.5. The number of ether oxygens (including phenoxy) is 2. The van der Waals surface area contributed by atoms with E-state index in [-0.39, 0.29) is 5.78 Å². The van der Waals surface area contributed by atoms with E-state index in [2.05, 4.69) is 0 Å². The monoisotopic (exact) mass is 257 g/mol. The van der Waals surface area contributed by atoms with Gasteiger partial charge in [-0.25, -0.2) is 0 Å². The van der Waals surface area contributed by atoms with Gasteiger partial charge in [0.15, 0.2) is 5.78 Å². The number of anilines is 1. The van der Waals surface area contributed by atoms with Gasteiger partial charge < -0.3 is 15.2 Å². The van der Waals surface area contributed by atoms with Crippen LogP contribution in [0.4, 0.5) is 5.69 Å². The fraction of sp³-hybridized carbons (Fsp3) is 0.133. The van der Waals surface area contributed by atoms with Crippen molar-refractivity contribution >= 4 is 11.5 Å². The maximum atomic E-state index is 12.4. The molecule has 0 aliphatic heterocycles. The molecule has 0 aliphatic carbocycles. The molecule has 0 aliphatic rings. The van der Waals surface area contributed by atoms with Crippen LogP contribution in [0.2, 0.25) is 0 Å². The van der Waals surface area contributed by atoms with Crippen molar-refractivity contribution in [3.63, 3.8) is 0 Å². The highest BCUT2D eigenvalue weighted by Gasteiger charge is 2.16. The number of nitrogen functional groups attached to an aromatic ring is 1. The Hall–Kier alpha value is -2.49. The van der Waals surface area contributed by atoms with E-state index in [9.17, 15) is 4.79 Å². The van der Waals surface area contributed by atoms with E-state index in [1.54, 1.807) is 43.5 Å². The molecule has 0 heterocycles. The van der Waals surface area contributed by atoms with Crippen molar-refractivity contribution in [2.24, 2.45) is 0 Å². The lowest BCUT2D eigenvalue weighted by Gasteiger charge is -2.10. The Morgan fingerprint density at radius 3 is 2.37 bits per heavy atom. The number of rotatable bonds is 4. The quantitative estimate of drug-likeness (QED) is 0.675. The van der Waals surface area contributed by atoms with Gasteiger partial charge in [0.1, 0.15) is 11.5 Å². The molecular weight excluding hydrogens is 242 g/mol. The molecule has 0 unspecified atom stereocenters. The molecule has 0 bridgehead atoms.